The van der Waals surface area contributed by atoms with Crippen LogP contribution in [0.2, 0.25) is 0 Å². The zero-order valence-electron chi connectivity index (χ0n) is 68.3. The van der Waals surface area contributed by atoms with E-state index in [1.165, 1.54) is 98.2 Å². The van der Waals surface area contributed by atoms with E-state index in [0.717, 1.165) is 40.9 Å². The van der Waals surface area contributed by atoms with Crippen LogP contribution in [0.25, 0.3) is 67.6 Å². The molecular weight excluding hydrogens is 1670 g/mol. The molecule has 1 fully saturated rings. The number of hydrogen-bond donors (Lipinski definition) is 8. The lowest BCUT2D eigenvalue weighted by Crippen LogP contribution is -2.26. The monoisotopic (exact) mass is 1750 g/mol. The molecule has 0 saturated heterocycles. The number of amides is 6. The first-order valence-electron chi connectivity index (χ1n) is 38.3. The number of rotatable bonds is 18. The second-order valence-electron chi connectivity index (χ2n) is 28.4. The number of nitrogens with zero attached hydrogens (tertiary/aromatic N) is 18. The smallest absolute Gasteiger partial charge is 0.382 e. The van der Waals surface area contributed by atoms with E-state index in [2.05, 4.69) is 112 Å². The van der Waals surface area contributed by atoms with Gasteiger partial charge in [-0.1, -0.05) is 36.0 Å². The van der Waals surface area contributed by atoms with Crippen molar-refractivity contribution in [2.75, 3.05) is 90.0 Å². The summed E-state index contributed by atoms with van der Waals surface area (Å²) >= 11 is 2.75. The molecule has 0 atom stereocenters. The van der Waals surface area contributed by atoms with Crippen molar-refractivity contribution in [2.24, 2.45) is 0 Å². The SMILES string of the molecule is CC#CC(=O)Nc1cccc(-n2c(=O)n(-c3ccc(C(=O)Nc4ncc(C)s4)cc3)c3c(N)ncnc32)c1.CN(C(=O)C#CCN(C)C1CC1)c1cccc(-n2c(=O)n(-c3ccc(C(=O)Nc4cc(C(F)(F)F)ccn4)cc3)c3c(N)ncnc32)c1.Cc1cnc(NC(=O)c2ccc(-n3c(=O)n(-c4cccc(NC(=O)C#CCN(C)C)c4)c4ncnc(N)c43)cc2)s1. The lowest BCUT2D eigenvalue weighted by molar-refractivity contribution is -0.137. The van der Waals surface area contributed by atoms with Gasteiger partial charge in [0.2, 0.25) is 0 Å². The first-order valence-corrected chi connectivity index (χ1v) is 39.9. The van der Waals surface area contributed by atoms with E-state index in [1.807, 2.05) is 39.9 Å². The number of pyridine rings is 1. The Morgan fingerprint density at radius 2 is 0.874 bits per heavy atom. The summed E-state index contributed by atoms with van der Waals surface area (Å²) in [5.41, 5.74) is 22.5. The van der Waals surface area contributed by atoms with Gasteiger partial charge in [-0.2, -0.15) is 13.2 Å². The van der Waals surface area contributed by atoms with Gasteiger partial charge >= 0.3 is 29.2 Å². The average molecular weight is 1750 g/mol. The molecule has 6 amide bonds. The average Bonchev–Trinajstić information content (AvgIpc) is 1.60. The summed E-state index contributed by atoms with van der Waals surface area (Å²) in [6.07, 6.45) is 5.76. The minimum Gasteiger partial charge on any atom is -0.382 e. The van der Waals surface area contributed by atoms with Crippen molar-refractivity contribution < 1.29 is 41.9 Å². The number of anilines is 9. The maximum Gasteiger partial charge on any atom is 0.416 e. The highest BCUT2D eigenvalue weighted by atomic mass is 32.1. The van der Waals surface area contributed by atoms with Crippen LogP contribution in [0.15, 0.2) is 210 Å². The number of halogens is 3. The zero-order chi connectivity index (χ0) is 90.1. The summed E-state index contributed by atoms with van der Waals surface area (Å²) in [6, 6.07) is 41.0. The molecule has 6 aromatic carbocycles. The van der Waals surface area contributed by atoms with Crippen molar-refractivity contribution in [3.8, 4) is 69.6 Å². The largest absolute Gasteiger partial charge is 0.416 e. The molecule has 0 unspecified atom stereocenters. The first kappa shape index (κ1) is 86.8. The van der Waals surface area contributed by atoms with Crippen molar-refractivity contribution in [3.63, 3.8) is 0 Å². The second-order valence-corrected chi connectivity index (χ2v) is 30.9. The van der Waals surface area contributed by atoms with Gasteiger partial charge in [-0.15, -0.1) is 22.7 Å². The lowest BCUT2D eigenvalue weighted by atomic mass is 10.2. The highest BCUT2D eigenvalue weighted by molar-refractivity contribution is 7.16. The van der Waals surface area contributed by atoms with Crippen molar-refractivity contribution in [1.82, 2.24) is 82.1 Å². The Bertz CT molecular complexity index is 7240. The second kappa shape index (κ2) is 37.4. The number of aryl methyl sites for hydroxylation is 2. The molecule has 15 aromatic rings. The topological polar surface area (TPSA) is 447 Å². The molecule has 16 rings (SSSR count). The third kappa shape index (κ3) is 19.6. The van der Waals surface area contributed by atoms with Crippen molar-refractivity contribution in [3.05, 3.63) is 259 Å². The fourth-order valence-electron chi connectivity index (χ4n) is 13.0. The number of alkyl halides is 3. The van der Waals surface area contributed by atoms with Gasteiger partial charge in [0.05, 0.1) is 52.8 Å². The molecule has 11 N–H and O–H groups in total. The fraction of sp³-hybridized carbons (Fsp3) is 0.149. The Balaban J connectivity index is 0.000000155. The van der Waals surface area contributed by atoms with Gasteiger partial charge in [0.1, 0.15) is 41.3 Å². The van der Waals surface area contributed by atoms with E-state index in [-0.39, 0.29) is 63.1 Å². The van der Waals surface area contributed by atoms with Crippen LogP contribution >= 0.6 is 22.7 Å². The first-order chi connectivity index (χ1) is 61.0. The van der Waals surface area contributed by atoms with Crippen molar-refractivity contribution in [1.29, 1.82) is 0 Å². The molecule has 1 aliphatic rings. The summed E-state index contributed by atoms with van der Waals surface area (Å²) in [5, 5.41) is 14.3. The summed E-state index contributed by atoms with van der Waals surface area (Å²) in [5.74, 6) is 13.1. The molecule has 0 radical (unpaired) electrons. The molecule has 9 heterocycles. The highest BCUT2D eigenvalue weighted by Crippen LogP contribution is 2.33. The van der Waals surface area contributed by atoms with Crippen molar-refractivity contribution >= 4 is 142 Å². The van der Waals surface area contributed by atoms with Crippen LogP contribution in [0.3, 0.4) is 0 Å². The van der Waals surface area contributed by atoms with Crippen LogP contribution in [0.1, 0.15) is 66.2 Å². The summed E-state index contributed by atoms with van der Waals surface area (Å²) in [7, 11) is 7.28. The van der Waals surface area contributed by atoms with E-state index < -0.39 is 52.4 Å². The summed E-state index contributed by atoms with van der Waals surface area (Å²) in [4.78, 5) is 161. The highest BCUT2D eigenvalue weighted by Gasteiger charge is 2.32. The van der Waals surface area contributed by atoms with Gasteiger partial charge in [0, 0.05) is 75.2 Å². The number of fused-ring (bicyclic) bond motifs is 3. The third-order valence-corrected chi connectivity index (χ3v) is 20.8. The quantitative estimate of drug-likeness (QED) is 0.0370. The Labute approximate surface area is 726 Å². The minimum atomic E-state index is -4.60. The van der Waals surface area contributed by atoms with Crippen molar-refractivity contribution in [2.45, 2.75) is 45.8 Å². The number of hydrogen-bond acceptors (Lipinski definition) is 25. The number of nitrogens with two attached hydrogens (primary N) is 3. The van der Waals surface area contributed by atoms with Gasteiger partial charge < -0.3 is 38.1 Å². The zero-order valence-corrected chi connectivity index (χ0v) is 69.9. The number of nitrogen functional groups attached to an aromatic ring is 3. The Morgan fingerprint density at radius 1 is 0.465 bits per heavy atom. The molecule has 0 aliphatic heterocycles. The van der Waals surface area contributed by atoms with Crippen LogP contribution in [0.5, 0.6) is 0 Å². The molecule has 9 aromatic heterocycles. The van der Waals surface area contributed by atoms with Crippen LogP contribution in [0, 0.1) is 49.4 Å². The van der Waals surface area contributed by atoms with Crippen LogP contribution in [-0.4, -0.2) is 165 Å². The lowest BCUT2D eigenvalue weighted by Gasteiger charge is -2.15. The predicted molar refractivity (Wildman–Crippen MR) is 477 cm³/mol. The number of aromatic nitrogens is 15. The summed E-state index contributed by atoms with van der Waals surface area (Å²) in [6.45, 7) is 6.30. The summed E-state index contributed by atoms with van der Waals surface area (Å²) < 4.78 is 47.4. The Kier molecular flexibility index (Phi) is 25.5. The normalized spacial score (nSPS) is 11.5. The molecule has 1 aliphatic carbocycles. The molecule has 40 heteroatoms. The molecule has 1 saturated carbocycles. The number of nitrogens with one attached hydrogen (secondary N) is 5. The van der Waals surface area contributed by atoms with E-state index in [4.69, 9.17) is 17.2 Å². The molecule has 127 heavy (non-hydrogen) atoms. The van der Waals surface area contributed by atoms with Gasteiger partial charge in [0.15, 0.2) is 44.7 Å². The number of carbonyl (C=O) groups excluding carboxylic acids is 6. The van der Waals surface area contributed by atoms with E-state index in [9.17, 15) is 56.3 Å². The van der Waals surface area contributed by atoms with Gasteiger partial charge in [-0.25, -0.2) is 72.9 Å². The van der Waals surface area contributed by atoms with Gasteiger partial charge in [-0.05, 0) is 212 Å². The van der Waals surface area contributed by atoms with E-state index >= 15 is 0 Å². The molecule has 35 nitrogen and oxygen atoms in total. The van der Waals surface area contributed by atoms with E-state index in [0.29, 0.717) is 103 Å². The molecule has 0 bridgehead atoms. The van der Waals surface area contributed by atoms with Crippen LogP contribution in [0.4, 0.5) is 63.8 Å². The molecular formula is C87H73F3N26O9S2. The number of carbonyl (C=O) groups is 6. The molecule has 0 spiro atoms. The maximum absolute atomic E-state index is 14.0. The van der Waals surface area contributed by atoms with Gasteiger partial charge in [0.25, 0.3) is 29.5 Å². The fourth-order valence-corrected chi connectivity index (χ4v) is 14.3. The van der Waals surface area contributed by atoms with Crippen LogP contribution < -0.4 is 65.8 Å². The maximum atomic E-state index is 14.0. The van der Waals surface area contributed by atoms with Crippen LogP contribution in [-0.2, 0) is 20.6 Å². The Hall–Kier alpha value is -16.6. The third-order valence-electron chi connectivity index (χ3n) is 19.2. The standard InChI is InChI=1S/C33H28F3N9O3.C28H25N9O3S.C26H20N8O3S/c1-42(22-12-13-22)16-4-7-27(46)43(2)24-5-3-6-25(18-24)45-30-28(29(37)39-19-40-30)44(32(45)48)23-10-8-20(9-11-23)31(47)41-26-17-21(14-15-38-26)33(34,35)36;1-17-15-30-27(41-17)34-26(39)18-9-11-20(12-10-18)36-23-24(29)31-16-32-25(23)37(28(36)40)21-7-4-6-19(14-21)33-22(38)8-5-13-35(2)3;1-3-5-20(35)31-17-6-4-7-19(12-17)34-23-21(22(27)29-14-30-23)33(26(34)37)18-10-8-16(9-11-18)24(36)32-25-28-13-15(2)38-25/h3,5-6,8-11,14-15,17-19,22H,12-13,16H2,1-2H3,(H2,37,39,40)(H,38,41,47);4,6-7,9-12,14-16H,13H2,1-3H3,(H,33,38)(H2,29,31,32)(H,30,34,39);4,6-14H,1-2H3,(H,31,35)(H2,27,29,30)(H,28,32,36). The number of benzene rings is 6. The Morgan fingerprint density at radius 3 is 1.28 bits per heavy atom. The van der Waals surface area contributed by atoms with E-state index in [1.54, 1.807) is 148 Å². The molecule has 638 valence electrons. The minimum absolute atomic E-state index is 0.0168. The van der Waals surface area contributed by atoms with Gasteiger partial charge in [-0.3, -0.25) is 62.9 Å². The number of imidazole rings is 3. The number of thiazole rings is 2. The predicted octanol–water partition coefficient (Wildman–Crippen LogP) is 9.69.